The second-order valence-electron chi connectivity index (χ2n) is 8.42. The predicted molar refractivity (Wildman–Crippen MR) is 100 cm³/mol. The van der Waals surface area contributed by atoms with Gasteiger partial charge in [-0.1, -0.05) is 19.9 Å². The number of benzene rings is 1. The highest BCUT2D eigenvalue weighted by atomic mass is 16.5. The number of amides is 1. The van der Waals surface area contributed by atoms with E-state index in [1.54, 1.807) is 7.11 Å². The van der Waals surface area contributed by atoms with Crippen LogP contribution in [0, 0.1) is 19.8 Å². The van der Waals surface area contributed by atoms with E-state index in [0.29, 0.717) is 18.9 Å². The maximum absolute atomic E-state index is 12.8. The molecule has 0 radical (unpaired) electrons. The first-order valence-corrected chi connectivity index (χ1v) is 9.71. The van der Waals surface area contributed by atoms with Gasteiger partial charge in [0.2, 0.25) is 5.91 Å². The normalized spacial score (nSPS) is 31.0. The third kappa shape index (κ3) is 2.48. The van der Waals surface area contributed by atoms with Crippen molar-refractivity contribution in [1.82, 2.24) is 9.80 Å². The van der Waals surface area contributed by atoms with Crippen LogP contribution in [0.1, 0.15) is 43.4 Å². The number of hydrogen-bond acceptors (Lipinski definition) is 4. The lowest BCUT2D eigenvalue weighted by molar-refractivity contribution is -0.139. The van der Waals surface area contributed by atoms with Crippen LogP contribution in [0.2, 0.25) is 0 Å². The van der Waals surface area contributed by atoms with Gasteiger partial charge in [-0.15, -0.1) is 0 Å². The molecular formula is C21H30N2O3. The molecule has 4 rings (SSSR count). The molecule has 26 heavy (non-hydrogen) atoms. The molecule has 3 aliphatic rings. The molecule has 0 aliphatic carbocycles. The summed E-state index contributed by atoms with van der Waals surface area (Å²) in [7, 11) is 1.72. The topological polar surface area (TPSA) is 42.0 Å². The van der Waals surface area contributed by atoms with Crippen molar-refractivity contribution in [3.63, 3.8) is 0 Å². The molecule has 3 aliphatic heterocycles. The lowest BCUT2D eigenvalue weighted by Crippen LogP contribution is -2.50. The zero-order valence-electron chi connectivity index (χ0n) is 16.5. The second kappa shape index (κ2) is 6.24. The summed E-state index contributed by atoms with van der Waals surface area (Å²) in [6, 6.07) is 4.72. The molecule has 1 amide bonds. The van der Waals surface area contributed by atoms with Crippen molar-refractivity contribution >= 4 is 5.91 Å². The number of aryl methyl sites for hydroxylation is 2. The van der Waals surface area contributed by atoms with Crippen molar-refractivity contribution in [2.45, 2.75) is 64.9 Å². The van der Waals surface area contributed by atoms with E-state index in [1.807, 2.05) is 0 Å². The number of carbonyl (C=O) groups is 1. The summed E-state index contributed by atoms with van der Waals surface area (Å²) in [5.74, 6) is 1.63. The molecule has 0 N–H and O–H groups in total. The van der Waals surface area contributed by atoms with Gasteiger partial charge in [-0.2, -0.15) is 0 Å². The number of rotatable bonds is 4. The van der Waals surface area contributed by atoms with Gasteiger partial charge in [-0.3, -0.25) is 9.69 Å². The Labute approximate surface area is 156 Å². The van der Waals surface area contributed by atoms with E-state index in [1.165, 1.54) is 11.1 Å². The molecule has 1 spiro atoms. The maximum atomic E-state index is 12.8. The van der Waals surface area contributed by atoms with Gasteiger partial charge < -0.3 is 14.4 Å². The number of ether oxygens (including phenoxy) is 2. The molecular weight excluding hydrogens is 328 g/mol. The lowest BCUT2D eigenvalue weighted by Gasteiger charge is -2.34. The van der Waals surface area contributed by atoms with E-state index < -0.39 is 0 Å². The minimum atomic E-state index is -0.387. The molecule has 3 saturated heterocycles. The molecule has 3 heterocycles. The summed E-state index contributed by atoms with van der Waals surface area (Å²) in [6.45, 7) is 11.1. The van der Waals surface area contributed by atoms with Gasteiger partial charge in [0.25, 0.3) is 0 Å². The van der Waals surface area contributed by atoms with Crippen LogP contribution in [-0.2, 0) is 16.1 Å². The highest BCUT2D eigenvalue weighted by Gasteiger charge is 2.64. The first-order valence-electron chi connectivity index (χ1n) is 9.71. The smallest absolute Gasteiger partial charge is 0.226 e. The Hall–Kier alpha value is -1.59. The van der Waals surface area contributed by atoms with E-state index in [0.717, 1.165) is 30.8 Å². The van der Waals surface area contributed by atoms with E-state index in [4.69, 9.17) is 9.47 Å². The Morgan fingerprint density at radius 3 is 2.77 bits per heavy atom. The van der Waals surface area contributed by atoms with Crippen LogP contribution in [0.3, 0.4) is 0 Å². The first-order chi connectivity index (χ1) is 12.4. The van der Waals surface area contributed by atoms with Crippen LogP contribution in [-0.4, -0.2) is 53.8 Å². The molecule has 5 heteroatoms. The van der Waals surface area contributed by atoms with Gasteiger partial charge >= 0.3 is 0 Å². The van der Waals surface area contributed by atoms with Gasteiger partial charge in [0.05, 0.1) is 25.8 Å². The Morgan fingerprint density at radius 1 is 1.31 bits per heavy atom. The molecule has 142 valence electrons. The van der Waals surface area contributed by atoms with Crippen LogP contribution in [0.25, 0.3) is 0 Å². The summed E-state index contributed by atoms with van der Waals surface area (Å²) in [5, 5.41) is 0. The number of likely N-dealkylation sites (tertiary alicyclic amines) is 1. The van der Waals surface area contributed by atoms with Gasteiger partial charge in [-0.25, -0.2) is 0 Å². The summed E-state index contributed by atoms with van der Waals surface area (Å²) in [5.41, 5.74) is 3.32. The van der Waals surface area contributed by atoms with Crippen molar-refractivity contribution < 1.29 is 14.3 Å². The maximum Gasteiger partial charge on any atom is 0.226 e. The quantitative estimate of drug-likeness (QED) is 0.830. The number of hydrogen-bond donors (Lipinski definition) is 0. The van der Waals surface area contributed by atoms with Crippen molar-refractivity contribution in [3.05, 3.63) is 28.8 Å². The highest BCUT2D eigenvalue weighted by Crippen LogP contribution is 2.49. The Bertz CT molecular complexity index is 732. The summed E-state index contributed by atoms with van der Waals surface area (Å²) in [6.07, 6.45) is 1.50. The van der Waals surface area contributed by atoms with Gasteiger partial charge in [0.15, 0.2) is 5.72 Å². The van der Waals surface area contributed by atoms with Crippen LogP contribution >= 0.6 is 0 Å². The van der Waals surface area contributed by atoms with Crippen molar-refractivity contribution in [2.75, 3.05) is 20.3 Å². The van der Waals surface area contributed by atoms with E-state index in [-0.39, 0.29) is 23.7 Å². The molecule has 5 nitrogen and oxygen atoms in total. The minimum absolute atomic E-state index is 0.167. The zero-order valence-corrected chi connectivity index (χ0v) is 16.5. The highest BCUT2D eigenvalue weighted by molar-refractivity contribution is 5.82. The van der Waals surface area contributed by atoms with E-state index in [9.17, 15) is 4.79 Å². The van der Waals surface area contributed by atoms with Crippen LogP contribution in [0.5, 0.6) is 5.75 Å². The molecule has 0 aromatic heterocycles. The SMILES string of the molecule is COc1cc(C)c(CN2CC[C@@]34OC[C@@H](C(C)C)N3C(=O)C[C@@H]24)cc1C. The fourth-order valence-electron chi connectivity index (χ4n) is 5.10. The number of methoxy groups -OCH3 is 1. The number of nitrogens with zero attached hydrogens (tertiary/aromatic N) is 2. The third-order valence-corrected chi connectivity index (χ3v) is 6.60. The average molecular weight is 358 g/mol. The zero-order chi connectivity index (χ0) is 18.6. The second-order valence-corrected chi connectivity index (χ2v) is 8.42. The van der Waals surface area contributed by atoms with Crippen LogP contribution in [0.4, 0.5) is 0 Å². The average Bonchev–Trinajstić information content (AvgIpc) is 3.21. The molecule has 3 fully saturated rings. The summed E-state index contributed by atoms with van der Waals surface area (Å²) < 4.78 is 11.8. The molecule has 0 bridgehead atoms. The molecule has 1 aromatic rings. The largest absolute Gasteiger partial charge is 0.496 e. The van der Waals surface area contributed by atoms with Gasteiger partial charge in [0, 0.05) is 25.9 Å². The van der Waals surface area contributed by atoms with Crippen LogP contribution in [0.15, 0.2) is 12.1 Å². The minimum Gasteiger partial charge on any atom is -0.496 e. The Kier molecular flexibility index (Phi) is 4.27. The third-order valence-electron chi connectivity index (χ3n) is 6.60. The van der Waals surface area contributed by atoms with Crippen molar-refractivity contribution in [2.24, 2.45) is 5.92 Å². The fraction of sp³-hybridized carbons (Fsp3) is 0.667. The fourth-order valence-corrected chi connectivity index (χ4v) is 5.10. The predicted octanol–water partition coefficient (Wildman–Crippen LogP) is 2.87. The Balaban J connectivity index is 1.59. The number of carbonyl (C=O) groups excluding carboxylic acids is 1. The molecule has 3 atom stereocenters. The van der Waals surface area contributed by atoms with Crippen molar-refractivity contribution in [1.29, 1.82) is 0 Å². The first kappa shape index (κ1) is 17.8. The summed E-state index contributed by atoms with van der Waals surface area (Å²) in [4.78, 5) is 17.3. The van der Waals surface area contributed by atoms with E-state index in [2.05, 4.69) is 49.6 Å². The van der Waals surface area contributed by atoms with Gasteiger partial charge in [-0.05, 0) is 42.5 Å². The monoisotopic (exact) mass is 358 g/mol. The van der Waals surface area contributed by atoms with Crippen molar-refractivity contribution in [3.8, 4) is 5.75 Å². The lowest BCUT2D eigenvalue weighted by atomic mass is 10.0. The summed E-state index contributed by atoms with van der Waals surface area (Å²) >= 11 is 0. The Morgan fingerprint density at radius 2 is 2.08 bits per heavy atom. The van der Waals surface area contributed by atoms with Gasteiger partial charge in [0.1, 0.15) is 5.75 Å². The standard InChI is InChI=1S/C21H30N2O3/c1-13(2)17-12-26-21-6-7-22(19(21)10-20(24)23(17)21)11-16-8-15(4)18(25-5)9-14(16)3/h8-9,13,17,19H,6-7,10-12H2,1-5H3/t17-,19+,21-/m0/s1. The van der Waals surface area contributed by atoms with Crippen LogP contribution < -0.4 is 4.74 Å². The molecule has 0 saturated carbocycles. The molecule has 0 unspecified atom stereocenters. The van der Waals surface area contributed by atoms with E-state index >= 15 is 0 Å². The molecule has 1 aromatic carbocycles.